The Morgan fingerprint density at radius 1 is 1.23 bits per heavy atom. The molecule has 0 saturated heterocycles. The zero-order chi connectivity index (χ0) is 22.0. The van der Waals surface area contributed by atoms with Crippen LogP contribution >= 0.6 is 0 Å². The van der Waals surface area contributed by atoms with Gasteiger partial charge in [-0.2, -0.15) is 0 Å². The van der Waals surface area contributed by atoms with Crippen molar-refractivity contribution in [1.29, 1.82) is 0 Å². The topological polar surface area (TPSA) is 60.2 Å². The maximum Gasteiger partial charge on any atom is 0.242 e. The van der Waals surface area contributed by atoms with Gasteiger partial charge in [-0.1, -0.05) is 36.8 Å². The average molecular weight is 421 g/mol. The number of carbonyl (C=O) groups is 1. The summed E-state index contributed by atoms with van der Waals surface area (Å²) in [7, 11) is 3.51. The van der Waals surface area contributed by atoms with Crippen LogP contribution in [-0.4, -0.2) is 39.2 Å². The summed E-state index contributed by atoms with van der Waals surface area (Å²) >= 11 is 0. The van der Waals surface area contributed by atoms with Gasteiger partial charge < -0.3 is 9.64 Å². The number of carbonyl (C=O) groups excluding carboxylic acids is 1. The molecular formula is C25H32N4O2. The van der Waals surface area contributed by atoms with Crippen molar-refractivity contribution in [1.82, 2.24) is 19.7 Å². The van der Waals surface area contributed by atoms with Crippen molar-refractivity contribution in [2.45, 2.75) is 52.5 Å². The van der Waals surface area contributed by atoms with Crippen LogP contribution in [0.4, 0.5) is 0 Å². The standard InChI is InChI=1S/C25H32N4O2/c1-17-21(18(2)26-24-23(17)25(31-4)27-28(24)3)13-14-22(30)29(16-20-11-8-12-20)15-19-9-6-5-7-10-19/h5-7,9-10,20H,8,11-16H2,1-4H3. The van der Waals surface area contributed by atoms with Gasteiger partial charge in [0.05, 0.1) is 12.5 Å². The predicted octanol–water partition coefficient (Wildman–Crippen LogP) is 4.36. The molecule has 31 heavy (non-hydrogen) atoms. The molecule has 1 saturated carbocycles. The molecule has 0 atom stereocenters. The second-order valence-electron chi connectivity index (χ2n) is 8.69. The molecule has 0 N–H and O–H groups in total. The number of methoxy groups -OCH3 is 1. The fourth-order valence-electron chi connectivity index (χ4n) is 4.54. The minimum absolute atomic E-state index is 0.216. The Morgan fingerprint density at radius 3 is 2.61 bits per heavy atom. The van der Waals surface area contributed by atoms with Gasteiger partial charge in [-0.15, -0.1) is 5.10 Å². The van der Waals surface area contributed by atoms with E-state index in [1.54, 1.807) is 11.8 Å². The Balaban J connectivity index is 1.53. The molecule has 4 rings (SSSR count). The molecule has 1 aliphatic rings. The van der Waals surface area contributed by atoms with Crippen LogP contribution in [0.25, 0.3) is 11.0 Å². The van der Waals surface area contributed by atoms with Crippen LogP contribution in [0.5, 0.6) is 5.88 Å². The number of rotatable bonds is 8. The van der Waals surface area contributed by atoms with Gasteiger partial charge in [0.15, 0.2) is 5.65 Å². The lowest BCUT2D eigenvalue weighted by Gasteiger charge is -2.32. The molecule has 0 bridgehead atoms. The van der Waals surface area contributed by atoms with Crippen molar-refractivity contribution < 1.29 is 9.53 Å². The number of pyridine rings is 1. The molecule has 1 aromatic carbocycles. The first-order chi connectivity index (χ1) is 15.0. The van der Waals surface area contributed by atoms with E-state index in [9.17, 15) is 4.79 Å². The summed E-state index contributed by atoms with van der Waals surface area (Å²) in [6.07, 6.45) is 4.91. The van der Waals surface area contributed by atoms with Gasteiger partial charge in [-0.25, -0.2) is 9.67 Å². The summed E-state index contributed by atoms with van der Waals surface area (Å²) in [6, 6.07) is 10.3. The molecule has 0 unspecified atom stereocenters. The quantitative estimate of drug-likeness (QED) is 0.543. The lowest BCUT2D eigenvalue weighted by atomic mass is 9.85. The molecule has 2 aromatic heterocycles. The van der Waals surface area contributed by atoms with Crippen molar-refractivity contribution in [2.24, 2.45) is 13.0 Å². The lowest BCUT2D eigenvalue weighted by Crippen LogP contribution is -2.37. The van der Waals surface area contributed by atoms with Gasteiger partial charge in [-0.3, -0.25) is 4.79 Å². The summed E-state index contributed by atoms with van der Waals surface area (Å²) in [5, 5.41) is 5.37. The third-order valence-corrected chi connectivity index (χ3v) is 6.58. The van der Waals surface area contributed by atoms with Crippen LogP contribution in [0, 0.1) is 19.8 Å². The molecule has 6 heteroatoms. The third-order valence-electron chi connectivity index (χ3n) is 6.58. The zero-order valence-corrected chi connectivity index (χ0v) is 19.0. The molecule has 0 radical (unpaired) electrons. The van der Waals surface area contributed by atoms with Crippen molar-refractivity contribution in [3.05, 3.63) is 52.7 Å². The van der Waals surface area contributed by atoms with Crippen LogP contribution in [0.2, 0.25) is 0 Å². The van der Waals surface area contributed by atoms with Gasteiger partial charge in [0.1, 0.15) is 0 Å². The zero-order valence-electron chi connectivity index (χ0n) is 19.0. The molecule has 164 valence electrons. The Labute approximate surface area is 184 Å². The van der Waals surface area contributed by atoms with Crippen molar-refractivity contribution in [2.75, 3.05) is 13.7 Å². The highest BCUT2D eigenvalue weighted by Crippen LogP contribution is 2.31. The number of aromatic nitrogens is 3. The number of benzene rings is 1. The van der Waals surface area contributed by atoms with Gasteiger partial charge in [0.2, 0.25) is 11.8 Å². The first-order valence-corrected chi connectivity index (χ1v) is 11.2. The maximum atomic E-state index is 13.3. The monoisotopic (exact) mass is 420 g/mol. The molecule has 1 amide bonds. The lowest BCUT2D eigenvalue weighted by molar-refractivity contribution is -0.132. The number of fused-ring (bicyclic) bond motifs is 1. The number of hydrogen-bond donors (Lipinski definition) is 0. The largest absolute Gasteiger partial charge is 0.479 e. The van der Waals surface area contributed by atoms with Crippen LogP contribution in [0.1, 0.15) is 48.1 Å². The van der Waals surface area contributed by atoms with E-state index in [0.29, 0.717) is 31.2 Å². The molecule has 2 heterocycles. The smallest absolute Gasteiger partial charge is 0.242 e. The van der Waals surface area contributed by atoms with E-state index in [2.05, 4.69) is 29.1 Å². The fourth-order valence-corrected chi connectivity index (χ4v) is 4.54. The first kappa shape index (κ1) is 21.3. The highest BCUT2D eigenvalue weighted by Gasteiger charge is 2.24. The second kappa shape index (κ2) is 9.08. The van der Waals surface area contributed by atoms with Crippen LogP contribution in [0.3, 0.4) is 0 Å². The van der Waals surface area contributed by atoms with Gasteiger partial charge in [-0.05, 0) is 55.7 Å². The van der Waals surface area contributed by atoms with E-state index in [-0.39, 0.29) is 5.91 Å². The fraction of sp³-hybridized carbons (Fsp3) is 0.480. The van der Waals surface area contributed by atoms with E-state index in [1.807, 2.05) is 32.2 Å². The maximum absolute atomic E-state index is 13.3. The molecule has 6 nitrogen and oxygen atoms in total. The molecule has 1 aliphatic carbocycles. The SMILES string of the molecule is COc1nn(C)c2nc(C)c(CCC(=O)N(Cc3ccccc3)CC3CCC3)c(C)c12. The van der Waals surface area contributed by atoms with E-state index in [4.69, 9.17) is 9.72 Å². The van der Waals surface area contributed by atoms with Crippen LogP contribution in [-0.2, 0) is 24.8 Å². The summed E-state index contributed by atoms with van der Waals surface area (Å²) in [4.78, 5) is 20.1. The molecule has 0 aliphatic heterocycles. The van der Waals surface area contributed by atoms with E-state index in [0.717, 1.165) is 34.4 Å². The Morgan fingerprint density at radius 2 is 1.97 bits per heavy atom. The third kappa shape index (κ3) is 4.43. The van der Waals surface area contributed by atoms with E-state index >= 15 is 0 Å². The first-order valence-electron chi connectivity index (χ1n) is 11.2. The minimum Gasteiger partial charge on any atom is -0.479 e. The number of nitrogens with zero attached hydrogens (tertiary/aromatic N) is 4. The summed E-state index contributed by atoms with van der Waals surface area (Å²) in [5.41, 5.74) is 5.18. The Hall–Kier alpha value is -2.89. The van der Waals surface area contributed by atoms with E-state index < -0.39 is 0 Å². The Bertz CT molecular complexity index is 1070. The highest BCUT2D eigenvalue weighted by molar-refractivity contribution is 5.86. The van der Waals surface area contributed by atoms with Crippen molar-refractivity contribution in [3.63, 3.8) is 0 Å². The van der Waals surface area contributed by atoms with Gasteiger partial charge >= 0.3 is 0 Å². The molecule has 0 spiro atoms. The summed E-state index contributed by atoms with van der Waals surface area (Å²) < 4.78 is 7.22. The highest BCUT2D eigenvalue weighted by atomic mass is 16.5. The summed E-state index contributed by atoms with van der Waals surface area (Å²) in [6.45, 7) is 5.64. The minimum atomic E-state index is 0.216. The predicted molar refractivity (Wildman–Crippen MR) is 122 cm³/mol. The normalized spacial score (nSPS) is 13.9. The van der Waals surface area contributed by atoms with Crippen molar-refractivity contribution >= 4 is 16.9 Å². The molecular weight excluding hydrogens is 388 g/mol. The summed E-state index contributed by atoms with van der Waals surface area (Å²) in [5.74, 6) is 1.45. The molecule has 1 fully saturated rings. The van der Waals surface area contributed by atoms with Crippen molar-refractivity contribution in [3.8, 4) is 5.88 Å². The van der Waals surface area contributed by atoms with E-state index in [1.165, 1.54) is 24.8 Å². The Kier molecular flexibility index (Phi) is 6.25. The number of ether oxygens (including phenoxy) is 1. The van der Waals surface area contributed by atoms with Gasteiger partial charge in [0, 0.05) is 32.3 Å². The van der Waals surface area contributed by atoms with Crippen LogP contribution < -0.4 is 4.74 Å². The second-order valence-corrected chi connectivity index (χ2v) is 8.69. The van der Waals surface area contributed by atoms with Gasteiger partial charge in [0.25, 0.3) is 0 Å². The van der Waals surface area contributed by atoms with Crippen LogP contribution in [0.15, 0.2) is 30.3 Å². The molecule has 3 aromatic rings. The number of aryl methyl sites for hydroxylation is 3. The number of amides is 1. The average Bonchev–Trinajstić information content (AvgIpc) is 3.05. The number of hydrogen-bond acceptors (Lipinski definition) is 4.